The highest BCUT2D eigenvalue weighted by Crippen LogP contribution is 2.30. The van der Waals surface area contributed by atoms with Crippen molar-refractivity contribution in [2.75, 3.05) is 25.3 Å². The molecule has 0 amide bonds. The molecule has 1 fully saturated rings. The van der Waals surface area contributed by atoms with Gasteiger partial charge in [0.05, 0.1) is 12.1 Å². The summed E-state index contributed by atoms with van der Waals surface area (Å²) < 4.78 is 29.7. The minimum Gasteiger partial charge on any atom is -0.376 e. The van der Waals surface area contributed by atoms with Crippen molar-refractivity contribution in [3.05, 3.63) is 45.8 Å². The Kier molecular flexibility index (Phi) is 6.36. The first kappa shape index (κ1) is 16.9. The Morgan fingerprint density at radius 2 is 2.05 bits per heavy atom. The summed E-state index contributed by atoms with van der Waals surface area (Å²) in [4.78, 5) is 2.68. The fourth-order valence-corrected chi connectivity index (χ4v) is 4.14. The van der Waals surface area contributed by atoms with E-state index in [9.17, 15) is 8.60 Å². The molecule has 0 saturated carbocycles. The van der Waals surface area contributed by atoms with Gasteiger partial charge in [0.1, 0.15) is 6.67 Å². The number of benzene rings is 1. The van der Waals surface area contributed by atoms with E-state index >= 15 is 0 Å². The number of hydrogen-bond donors (Lipinski definition) is 0. The molecule has 1 aromatic rings. The van der Waals surface area contributed by atoms with E-state index in [1.165, 1.54) is 12.7 Å². The molecule has 1 aromatic carbocycles. The van der Waals surface area contributed by atoms with Crippen LogP contribution in [0.2, 0.25) is 0 Å². The summed E-state index contributed by atoms with van der Waals surface area (Å²) >= 11 is 0. The Labute approximate surface area is 131 Å². The number of halogens is 1. The number of ether oxygens (including phenoxy) is 1. The van der Waals surface area contributed by atoms with Crippen LogP contribution >= 0.6 is 0 Å². The molecule has 0 radical (unpaired) electrons. The Hall–Kier alpha value is -1.43. The van der Waals surface area contributed by atoms with Crippen LogP contribution < -0.4 is 0 Å². The third kappa shape index (κ3) is 4.06. The van der Waals surface area contributed by atoms with Crippen LogP contribution in [0.4, 0.5) is 4.39 Å². The van der Waals surface area contributed by atoms with Crippen molar-refractivity contribution in [3.63, 3.8) is 0 Å². The summed E-state index contributed by atoms with van der Waals surface area (Å²) in [5.74, 6) is 1.95. The highest BCUT2D eigenvalue weighted by atomic mass is 32.2. The van der Waals surface area contributed by atoms with E-state index in [4.69, 9.17) is 10.3 Å². The second-order valence-electron chi connectivity index (χ2n) is 5.37. The van der Waals surface area contributed by atoms with E-state index in [1.807, 2.05) is 24.3 Å². The first-order valence-corrected chi connectivity index (χ1v) is 8.76. The molecule has 0 aromatic heterocycles. The predicted molar refractivity (Wildman–Crippen MR) is 85.0 cm³/mol. The van der Waals surface area contributed by atoms with Crippen molar-refractivity contribution < 1.29 is 13.3 Å². The van der Waals surface area contributed by atoms with E-state index in [0.29, 0.717) is 5.92 Å². The van der Waals surface area contributed by atoms with Gasteiger partial charge in [-0.05, 0) is 35.4 Å². The van der Waals surface area contributed by atoms with Gasteiger partial charge in [0.15, 0.2) is 0 Å². The molecule has 2 rings (SSSR count). The fourth-order valence-electron chi connectivity index (χ4n) is 2.84. The summed E-state index contributed by atoms with van der Waals surface area (Å²) in [5, 5.41) is 3.46. The molecular formula is C15H20FN3O2S. The Morgan fingerprint density at radius 1 is 1.41 bits per heavy atom. The molecule has 0 unspecified atom stereocenters. The molecule has 0 N–H and O–H groups in total. The zero-order chi connectivity index (χ0) is 15.9. The lowest BCUT2D eigenvalue weighted by atomic mass is 9.91. The molecule has 1 aliphatic heterocycles. The summed E-state index contributed by atoms with van der Waals surface area (Å²) in [6.07, 6.45) is 1.28. The van der Waals surface area contributed by atoms with Crippen LogP contribution in [-0.4, -0.2) is 35.5 Å². The van der Waals surface area contributed by atoms with Crippen molar-refractivity contribution in [2.45, 2.75) is 30.9 Å². The molecule has 0 bridgehead atoms. The van der Waals surface area contributed by atoms with E-state index in [1.54, 1.807) is 0 Å². The second-order valence-corrected chi connectivity index (χ2v) is 7.07. The van der Waals surface area contributed by atoms with Crippen LogP contribution in [0.1, 0.15) is 36.0 Å². The van der Waals surface area contributed by atoms with Crippen molar-refractivity contribution >= 4 is 10.8 Å². The summed E-state index contributed by atoms with van der Waals surface area (Å²) in [6.45, 7) is -0.765. The molecular weight excluding hydrogens is 305 g/mol. The lowest BCUT2D eigenvalue weighted by molar-refractivity contribution is 0.0722. The number of hydrogen-bond acceptors (Lipinski definition) is 3. The molecule has 22 heavy (non-hydrogen) atoms. The maximum Gasteiger partial charge on any atom is 0.101 e. The van der Waals surface area contributed by atoms with Gasteiger partial charge in [0, 0.05) is 34.3 Å². The number of rotatable bonds is 6. The summed E-state index contributed by atoms with van der Waals surface area (Å²) in [6, 6.07) is 6.94. The summed E-state index contributed by atoms with van der Waals surface area (Å²) in [5.41, 5.74) is 10.5. The van der Waals surface area contributed by atoms with Crippen LogP contribution in [0.3, 0.4) is 0 Å². The highest BCUT2D eigenvalue weighted by molar-refractivity contribution is 7.85. The van der Waals surface area contributed by atoms with Crippen molar-refractivity contribution in [2.24, 2.45) is 5.11 Å². The van der Waals surface area contributed by atoms with Crippen molar-refractivity contribution in [1.29, 1.82) is 0 Å². The molecule has 1 aliphatic rings. The lowest BCUT2D eigenvalue weighted by Crippen LogP contribution is -2.20. The maximum atomic E-state index is 13.0. The van der Waals surface area contributed by atoms with Crippen molar-refractivity contribution in [1.82, 2.24) is 0 Å². The topological polar surface area (TPSA) is 75.1 Å². The SMILES string of the molecule is CO[C@H](c1ccc(C2CCS(=O)CC2)cc1)[C@@H](CF)N=[N+]=[N-]. The molecule has 1 saturated heterocycles. The quantitative estimate of drug-likeness (QED) is 0.455. The molecule has 0 aliphatic carbocycles. The molecule has 1 heterocycles. The van der Waals surface area contributed by atoms with Gasteiger partial charge in [-0.25, -0.2) is 0 Å². The average Bonchev–Trinajstić information content (AvgIpc) is 2.56. The van der Waals surface area contributed by atoms with Crippen LogP contribution in [0.15, 0.2) is 29.4 Å². The molecule has 0 spiro atoms. The molecule has 2 atom stereocenters. The van der Waals surface area contributed by atoms with Gasteiger partial charge < -0.3 is 4.74 Å². The van der Waals surface area contributed by atoms with Gasteiger partial charge in [-0.15, -0.1) is 0 Å². The lowest BCUT2D eigenvalue weighted by Gasteiger charge is -2.23. The minimum atomic E-state index is -0.863. The molecule has 7 heteroatoms. The largest absolute Gasteiger partial charge is 0.376 e. The summed E-state index contributed by atoms with van der Waals surface area (Å²) in [7, 11) is 0.811. The van der Waals surface area contributed by atoms with E-state index in [-0.39, 0.29) is 0 Å². The van der Waals surface area contributed by atoms with Gasteiger partial charge in [0.25, 0.3) is 0 Å². The Morgan fingerprint density at radius 3 is 2.55 bits per heavy atom. The maximum absolute atomic E-state index is 13.0. The van der Waals surface area contributed by atoms with Crippen LogP contribution in [-0.2, 0) is 15.5 Å². The van der Waals surface area contributed by atoms with Crippen LogP contribution in [0, 0.1) is 0 Å². The fraction of sp³-hybridized carbons (Fsp3) is 0.600. The zero-order valence-electron chi connectivity index (χ0n) is 12.5. The monoisotopic (exact) mass is 325 g/mol. The average molecular weight is 325 g/mol. The third-order valence-corrected chi connectivity index (χ3v) is 5.47. The van der Waals surface area contributed by atoms with Crippen LogP contribution in [0.5, 0.6) is 0 Å². The highest BCUT2D eigenvalue weighted by Gasteiger charge is 2.23. The predicted octanol–water partition coefficient (Wildman–Crippen LogP) is 3.65. The normalized spacial score (nSPS) is 24.3. The standard InChI is InChI=1S/C15H20FN3O2S/c1-21-15(14(10-16)18-19-17)13-4-2-11(3-5-13)12-6-8-22(20)9-7-12/h2-5,12,14-15H,6-10H2,1H3/t12?,14-,15-,22?/m1/s1. The smallest absolute Gasteiger partial charge is 0.101 e. The van der Waals surface area contributed by atoms with E-state index in [2.05, 4.69) is 10.0 Å². The first-order chi connectivity index (χ1) is 10.7. The second kappa shape index (κ2) is 8.27. The van der Waals surface area contributed by atoms with Gasteiger partial charge in [-0.3, -0.25) is 8.60 Å². The van der Waals surface area contributed by atoms with E-state index < -0.39 is 29.6 Å². The van der Waals surface area contributed by atoms with Gasteiger partial charge in [-0.2, -0.15) is 0 Å². The van der Waals surface area contributed by atoms with Crippen molar-refractivity contribution in [3.8, 4) is 0 Å². The Balaban J connectivity index is 2.12. The van der Waals surface area contributed by atoms with Gasteiger partial charge in [-0.1, -0.05) is 29.4 Å². The van der Waals surface area contributed by atoms with Crippen LogP contribution in [0.25, 0.3) is 10.4 Å². The van der Waals surface area contributed by atoms with Gasteiger partial charge in [0.2, 0.25) is 0 Å². The molecule has 120 valence electrons. The minimum absolute atomic E-state index is 0.432. The zero-order valence-corrected chi connectivity index (χ0v) is 13.3. The van der Waals surface area contributed by atoms with Gasteiger partial charge >= 0.3 is 0 Å². The first-order valence-electron chi connectivity index (χ1n) is 7.27. The third-order valence-electron chi connectivity index (χ3n) is 4.09. The number of azide groups is 1. The molecule has 5 nitrogen and oxygen atoms in total. The number of alkyl halides is 1. The Bertz CT molecular complexity index is 550. The van der Waals surface area contributed by atoms with E-state index in [0.717, 1.165) is 29.9 Å². The number of methoxy groups -OCH3 is 1. The number of nitrogens with zero attached hydrogens (tertiary/aromatic N) is 3.